The first-order valence-corrected chi connectivity index (χ1v) is 5.81. The van der Waals surface area contributed by atoms with Crippen LogP contribution >= 0.6 is 0 Å². The third-order valence-corrected chi connectivity index (χ3v) is 3.13. The Morgan fingerprint density at radius 2 is 2.00 bits per heavy atom. The van der Waals surface area contributed by atoms with E-state index < -0.39 is 0 Å². The van der Waals surface area contributed by atoms with Crippen LogP contribution in [0.25, 0.3) is 0 Å². The van der Waals surface area contributed by atoms with Crippen LogP contribution in [0.4, 0.5) is 0 Å². The van der Waals surface area contributed by atoms with Gasteiger partial charge in [-0.05, 0) is 34.7 Å². The molecule has 0 amide bonds. The van der Waals surface area contributed by atoms with Gasteiger partial charge in [-0.3, -0.25) is 9.58 Å². The molecule has 1 aromatic heterocycles. The van der Waals surface area contributed by atoms with Gasteiger partial charge in [0.25, 0.3) is 0 Å². The molecule has 92 valence electrons. The highest BCUT2D eigenvalue weighted by Gasteiger charge is 2.14. The normalized spacial score (nSPS) is 11.8. The molecule has 0 radical (unpaired) electrons. The Hall–Kier alpha value is -0.870. The third kappa shape index (κ3) is 2.83. The molecule has 1 aromatic rings. The Morgan fingerprint density at radius 1 is 1.38 bits per heavy atom. The Kier molecular flexibility index (Phi) is 4.50. The minimum absolute atomic E-state index is 0.140. The Morgan fingerprint density at radius 3 is 2.50 bits per heavy atom. The summed E-state index contributed by atoms with van der Waals surface area (Å²) in [5, 5.41) is 13.4. The lowest BCUT2D eigenvalue weighted by molar-refractivity contribution is 0.262. The van der Waals surface area contributed by atoms with Gasteiger partial charge in [-0.15, -0.1) is 0 Å². The second-order valence-corrected chi connectivity index (χ2v) is 4.60. The number of aliphatic hydroxyl groups excluding tert-OH is 1. The molecule has 16 heavy (non-hydrogen) atoms. The molecule has 4 heteroatoms. The van der Waals surface area contributed by atoms with Gasteiger partial charge in [0.15, 0.2) is 0 Å². The number of hydrogen-bond donors (Lipinski definition) is 1. The van der Waals surface area contributed by atoms with Gasteiger partial charge < -0.3 is 5.11 Å². The second-order valence-electron chi connectivity index (χ2n) is 4.60. The molecule has 0 saturated carbocycles. The lowest BCUT2D eigenvalue weighted by atomic mass is 10.1. The van der Waals surface area contributed by atoms with Gasteiger partial charge in [-0.1, -0.05) is 0 Å². The van der Waals surface area contributed by atoms with Crippen molar-refractivity contribution in [1.82, 2.24) is 14.7 Å². The molecule has 4 nitrogen and oxygen atoms in total. The number of aryl methyl sites for hydroxylation is 1. The highest BCUT2D eigenvalue weighted by Crippen LogP contribution is 2.15. The van der Waals surface area contributed by atoms with E-state index in [0.717, 1.165) is 12.2 Å². The van der Waals surface area contributed by atoms with Gasteiger partial charge in [0, 0.05) is 23.8 Å². The fourth-order valence-electron chi connectivity index (χ4n) is 1.71. The van der Waals surface area contributed by atoms with Gasteiger partial charge in [0.1, 0.15) is 0 Å². The monoisotopic (exact) mass is 225 g/mol. The van der Waals surface area contributed by atoms with E-state index in [9.17, 15) is 0 Å². The Balaban J connectivity index is 2.87. The van der Waals surface area contributed by atoms with E-state index >= 15 is 0 Å². The largest absolute Gasteiger partial charge is 0.394 e. The predicted molar refractivity (Wildman–Crippen MR) is 65.4 cm³/mol. The number of aliphatic hydroxyl groups is 1. The molecule has 0 aliphatic carbocycles. The van der Waals surface area contributed by atoms with E-state index in [0.29, 0.717) is 12.6 Å². The van der Waals surface area contributed by atoms with Crippen molar-refractivity contribution >= 4 is 0 Å². The fourth-order valence-corrected chi connectivity index (χ4v) is 1.71. The SMILES string of the molecule is Cc1nn(CCO)c(C)c1CN(C)C(C)C. The summed E-state index contributed by atoms with van der Waals surface area (Å²) in [6.07, 6.45) is 0. The molecule has 0 atom stereocenters. The van der Waals surface area contributed by atoms with Crippen LogP contribution in [0.1, 0.15) is 30.8 Å². The van der Waals surface area contributed by atoms with Crippen molar-refractivity contribution in [1.29, 1.82) is 0 Å². The van der Waals surface area contributed by atoms with Gasteiger partial charge in [0.2, 0.25) is 0 Å². The van der Waals surface area contributed by atoms with E-state index in [1.54, 1.807) is 0 Å². The van der Waals surface area contributed by atoms with Crippen LogP contribution in [-0.4, -0.2) is 39.5 Å². The van der Waals surface area contributed by atoms with Crippen molar-refractivity contribution in [2.45, 2.75) is 46.8 Å². The van der Waals surface area contributed by atoms with Crippen LogP contribution in [0.5, 0.6) is 0 Å². The van der Waals surface area contributed by atoms with Crippen molar-refractivity contribution in [2.24, 2.45) is 0 Å². The summed E-state index contributed by atoms with van der Waals surface area (Å²) in [5.74, 6) is 0. The lowest BCUT2D eigenvalue weighted by Crippen LogP contribution is -2.26. The summed E-state index contributed by atoms with van der Waals surface area (Å²) in [7, 11) is 2.12. The lowest BCUT2D eigenvalue weighted by Gasteiger charge is -2.21. The maximum atomic E-state index is 8.94. The molecule has 1 heterocycles. The number of hydrogen-bond acceptors (Lipinski definition) is 3. The van der Waals surface area contributed by atoms with Crippen molar-refractivity contribution in [2.75, 3.05) is 13.7 Å². The highest BCUT2D eigenvalue weighted by molar-refractivity contribution is 5.24. The van der Waals surface area contributed by atoms with Crippen LogP contribution < -0.4 is 0 Å². The molecule has 0 fully saturated rings. The second kappa shape index (κ2) is 5.46. The smallest absolute Gasteiger partial charge is 0.0644 e. The summed E-state index contributed by atoms with van der Waals surface area (Å²) in [6, 6.07) is 0.528. The van der Waals surface area contributed by atoms with Crippen LogP contribution in [0.15, 0.2) is 0 Å². The molecule has 1 rings (SSSR count). The van der Waals surface area contributed by atoms with Gasteiger partial charge in [-0.25, -0.2) is 0 Å². The molecule has 0 spiro atoms. The van der Waals surface area contributed by atoms with Crippen molar-refractivity contribution in [3.8, 4) is 0 Å². The fraction of sp³-hybridized carbons (Fsp3) is 0.750. The van der Waals surface area contributed by atoms with E-state index in [-0.39, 0.29) is 6.61 Å². The molecule has 0 aliphatic heterocycles. The average Bonchev–Trinajstić information content (AvgIpc) is 2.46. The highest BCUT2D eigenvalue weighted by atomic mass is 16.3. The van der Waals surface area contributed by atoms with E-state index in [2.05, 4.69) is 37.8 Å². The minimum Gasteiger partial charge on any atom is -0.394 e. The maximum Gasteiger partial charge on any atom is 0.0644 e. The summed E-state index contributed by atoms with van der Waals surface area (Å²) >= 11 is 0. The van der Waals surface area contributed by atoms with Gasteiger partial charge >= 0.3 is 0 Å². The first-order chi connectivity index (χ1) is 7.47. The predicted octanol–water partition coefficient (Wildman–Crippen LogP) is 1.33. The maximum absolute atomic E-state index is 8.94. The van der Waals surface area contributed by atoms with Crippen molar-refractivity contribution in [3.63, 3.8) is 0 Å². The summed E-state index contributed by atoms with van der Waals surface area (Å²) in [5.41, 5.74) is 3.52. The molecule has 0 saturated heterocycles. The van der Waals surface area contributed by atoms with Crippen LogP contribution in [-0.2, 0) is 13.1 Å². The van der Waals surface area contributed by atoms with E-state index in [1.807, 2.05) is 11.6 Å². The minimum atomic E-state index is 0.140. The van der Waals surface area contributed by atoms with Crippen molar-refractivity contribution < 1.29 is 5.11 Å². The van der Waals surface area contributed by atoms with Crippen LogP contribution in [0.2, 0.25) is 0 Å². The molecule has 0 bridgehead atoms. The number of nitrogens with zero attached hydrogens (tertiary/aromatic N) is 3. The first-order valence-electron chi connectivity index (χ1n) is 5.81. The number of rotatable bonds is 5. The van der Waals surface area contributed by atoms with Crippen LogP contribution in [0.3, 0.4) is 0 Å². The topological polar surface area (TPSA) is 41.3 Å². The molecular formula is C12H23N3O. The average molecular weight is 225 g/mol. The summed E-state index contributed by atoms with van der Waals surface area (Å²) in [4.78, 5) is 2.29. The zero-order valence-corrected chi connectivity index (χ0v) is 11.0. The zero-order chi connectivity index (χ0) is 12.3. The van der Waals surface area contributed by atoms with E-state index in [1.165, 1.54) is 11.3 Å². The number of aromatic nitrogens is 2. The zero-order valence-electron chi connectivity index (χ0n) is 11.0. The third-order valence-electron chi connectivity index (χ3n) is 3.13. The summed E-state index contributed by atoms with van der Waals surface area (Å²) < 4.78 is 1.89. The molecule has 0 aromatic carbocycles. The Labute approximate surface area is 97.9 Å². The molecular weight excluding hydrogens is 202 g/mol. The van der Waals surface area contributed by atoms with E-state index in [4.69, 9.17) is 5.11 Å². The van der Waals surface area contributed by atoms with Gasteiger partial charge in [-0.2, -0.15) is 5.10 Å². The van der Waals surface area contributed by atoms with Crippen LogP contribution in [0, 0.1) is 13.8 Å². The van der Waals surface area contributed by atoms with Crippen molar-refractivity contribution in [3.05, 3.63) is 17.0 Å². The molecule has 0 aliphatic rings. The van der Waals surface area contributed by atoms with Gasteiger partial charge in [0.05, 0.1) is 18.8 Å². The standard InChI is InChI=1S/C12H23N3O/c1-9(2)14(5)8-12-10(3)13-15(6-7-16)11(12)4/h9,16H,6-8H2,1-5H3. The molecule has 0 unspecified atom stereocenters. The quantitative estimate of drug-likeness (QED) is 0.822. The summed E-state index contributed by atoms with van der Waals surface area (Å²) in [6.45, 7) is 10.1. The molecule has 1 N–H and O–H groups in total. The first kappa shape index (κ1) is 13.2. The Bertz CT molecular complexity index is 344.